The molecule has 0 unspecified atom stereocenters. The van der Waals surface area contributed by atoms with Gasteiger partial charge < -0.3 is 15.4 Å². The highest BCUT2D eigenvalue weighted by atomic mass is 16.2. The third-order valence-corrected chi connectivity index (χ3v) is 1.40. The first-order valence-electron chi connectivity index (χ1n) is 5.07. The third kappa shape index (κ3) is 13.7. The van der Waals surface area contributed by atoms with E-state index in [1.165, 1.54) is 6.92 Å². The van der Waals surface area contributed by atoms with Gasteiger partial charge in [0.25, 0.3) is 0 Å². The number of amides is 1. The van der Waals surface area contributed by atoms with Crippen LogP contribution in [0.25, 0.3) is 0 Å². The molecule has 1 amide bonds. The van der Waals surface area contributed by atoms with Gasteiger partial charge in [0, 0.05) is 25.9 Å². The molecule has 0 heterocycles. The fraction of sp³-hybridized carbons (Fsp3) is 0.800. The van der Waals surface area contributed by atoms with Crippen LogP contribution in [0.4, 0.5) is 0 Å². The lowest BCUT2D eigenvalue weighted by Gasteiger charge is -2.02. The minimum atomic E-state index is -0.0551. The van der Waals surface area contributed by atoms with E-state index < -0.39 is 0 Å². The number of carbonyl (C=O) groups excluding carboxylic acids is 2. The van der Waals surface area contributed by atoms with Crippen molar-refractivity contribution in [3.05, 3.63) is 0 Å². The van der Waals surface area contributed by atoms with Gasteiger partial charge in [0.2, 0.25) is 5.91 Å². The summed E-state index contributed by atoms with van der Waals surface area (Å²) in [5, 5.41) is 5.59. The number of carbonyl (C=O) groups is 2. The number of hydrogen-bond donors (Lipinski definition) is 2. The van der Waals surface area contributed by atoms with Gasteiger partial charge >= 0.3 is 0 Å². The van der Waals surface area contributed by atoms with Crippen molar-refractivity contribution in [1.29, 1.82) is 0 Å². The summed E-state index contributed by atoms with van der Waals surface area (Å²) in [5.41, 5.74) is 0. The Morgan fingerprint density at radius 2 is 1.64 bits per heavy atom. The Labute approximate surface area is 86.5 Å². The highest BCUT2D eigenvalue weighted by Crippen LogP contribution is 1.88. The Hall–Kier alpha value is -0.900. The minimum Gasteiger partial charge on any atom is -0.355 e. The van der Waals surface area contributed by atoms with Gasteiger partial charge in [-0.1, -0.05) is 13.8 Å². The van der Waals surface area contributed by atoms with Gasteiger partial charge in [0.05, 0.1) is 0 Å². The molecule has 0 radical (unpaired) electrons. The monoisotopic (exact) mass is 202 g/mol. The maximum absolute atomic E-state index is 10.9. The zero-order chi connectivity index (χ0) is 11.4. The molecule has 0 aromatic heterocycles. The summed E-state index contributed by atoms with van der Waals surface area (Å²) in [6.07, 6.45) is 0.643. The molecule has 4 heteroatoms. The van der Waals surface area contributed by atoms with E-state index >= 15 is 0 Å². The molecule has 4 nitrogen and oxygen atoms in total. The highest BCUT2D eigenvalue weighted by molar-refractivity contribution is 5.83. The Bertz CT molecular complexity index is 158. The van der Waals surface area contributed by atoms with Gasteiger partial charge in [0.15, 0.2) is 0 Å². The van der Waals surface area contributed by atoms with Crippen molar-refractivity contribution in [3.8, 4) is 0 Å². The number of rotatable bonds is 6. The second-order valence-corrected chi connectivity index (χ2v) is 2.66. The topological polar surface area (TPSA) is 58.2 Å². The molecule has 0 aromatic rings. The van der Waals surface area contributed by atoms with Crippen LogP contribution in [0.2, 0.25) is 0 Å². The van der Waals surface area contributed by atoms with Crippen LogP contribution in [0.3, 0.4) is 0 Å². The number of hydrogen-bond acceptors (Lipinski definition) is 3. The zero-order valence-electron chi connectivity index (χ0n) is 9.64. The predicted molar refractivity (Wildman–Crippen MR) is 58.2 cm³/mol. The average Bonchev–Trinajstić information content (AvgIpc) is 2.18. The minimum absolute atomic E-state index is 0.0544. The van der Waals surface area contributed by atoms with Crippen LogP contribution < -0.4 is 10.6 Å². The number of nitrogens with one attached hydrogen (secondary N) is 2. The van der Waals surface area contributed by atoms with Crippen molar-refractivity contribution in [2.45, 2.75) is 33.6 Å². The molecule has 84 valence electrons. The molecule has 0 atom stereocenters. The second kappa shape index (κ2) is 12.1. The summed E-state index contributed by atoms with van der Waals surface area (Å²) in [4.78, 5) is 21.4. The third-order valence-electron chi connectivity index (χ3n) is 1.40. The first kappa shape index (κ1) is 15.6. The van der Waals surface area contributed by atoms with Crippen molar-refractivity contribution in [3.63, 3.8) is 0 Å². The van der Waals surface area contributed by atoms with Crippen LogP contribution >= 0.6 is 0 Å². The number of ketones is 1. The van der Waals surface area contributed by atoms with Crippen molar-refractivity contribution in [2.24, 2.45) is 0 Å². The van der Waals surface area contributed by atoms with Gasteiger partial charge in [-0.3, -0.25) is 4.79 Å². The largest absolute Gasteiger partial charge is 0.355 e. The van der Waals surface area contributed by atoms with Crippen LogP contribution in [-0.2, 0) is 9.59 Å². The van der Waals surface area contributed by atoms with E-state index in [2.05, 4.69) is 10.6 Å². The van der Waals surface area contributed by atoms with Crippen molar-refractivity contribution in [2.75, 3.05) is 20.1 Å². The van der Waals surface area contributed by atoms with E-state index in [0.717, 1.165) is 6.54 Å². The van der Waals surface area contributed by atoms with Crippen molar-refractivity contribution in [1.82, 2.24) is 10.6 Å². The van der Waals surface area contributed by atoms with Crippen LogP contribution in [-0.4, -0.2) is 31.8 Å². The Morgan fingerprint density at radius 1 is 1.07 bits per heavy atom. The fourth-order valence-electron chi connectivity index (χ4n) is 0.705. The molecule has 0 aromatic carbocycles. The van der Waals surface area contributed by atoms with Gasteiger partial charge in [-0.2, -0.15) is 0 Å². The molecule has 0 spiro atoms. The van der Waals surface area contributed by atoms with Gasteiger partial charge in [0.1, 0.15) is 5.78 Å². The SMILES string of the molecule is CC.CNCCNC(=O)CCC(C)=O. The smallest absolute Gasteiger partial charge is 0.220 e. The summed E-state index contributed by atoms with van der Waals surface area (Å²) >= 11 is 0. The summed E-state index contributed by atoms with van der Waals surface area (Å²) in [6.45, 7) is 6.86. The standard InChI is InChI=1S/C8H16N2O2.C2H6/c1-7(11)3-4-8(12)10-6-5-9-2;1-2/h9H,3-6H2,1-2H3,(H,10,12);1-2H3. The molecular weight excluding hydrogens is 180 g/mol. The van der Waals surface area contributed by atoms with Gasteiger partial charge in [-0.25, -0.2) is 0 Å². The first-order chi connectivity index (χ1) is 6.66. The Morgan fingerprint density at radius 3 is 2.07 bits per heavy atom. The molecule has 0 aliphatic rings. The van der Waals surface area contributed by atoms with E-state index in [-0.39, 0.29) is 11.7 Å². The maximum Gasteiger partial charge on any atom is 0.220 e. The molecular formula is C10H22N2O2. The van der Waals surface area contributed by atoms with Crippen LogP contribution in [0.1, 0.15) is 33.6 Å². The molecule has 14 heavy (non-hydrogen) atoms. The van der Waals surface area contributed by atoms with E-state index in [9.17, 15) is 9.59 Å². The Kier molecular flexibility index (Phi) is 13.5. The van der Waals surface area contributed by atoms with Crippen molar-refractivity contribution < 1.29 is 9.59 Å². The molecule has 0 fully saturated rings. The van der Waals surface area contributed by atoms with E-state index in [1.54, 1.807) is 0 Å². The molecule has 0 saturated heterocycles. The molecule has 0 saturated carbocycles. The predicted octanol–water partition coefficient (Wildman–Crippen LogP) is 0.717. The lowest BCUT2D eigenvalue weighted by Crippen LogP contribution is -2.30. The summed E-state index contributed by atoms with van der Waals surface area (Å²) in [6, 6.07) is 0. The molecule has 0 aliphatic heterocycles. The summed E-state index contributed by atoms with van der Waals surface area (Å²) in [7, 11) is 1.82. The molecule has 0 aliphatic carbocycles. The normalized spacial score (nSPS) is 8.57. The van der Waals surface area contributed by atoms with Crippen LogP contribution in [0.15, 0.2) is 0 Å². The van der Waals surface area contributed by atoms with Gasteiger partial charge in [-0.15, -0.1) is 0 Å². The van der Waals surface area contributed by atoms with Crippen molar-refractivity contribution >= 4 is 11.7 Å². The lowest BCUT2D eigenvalue weighted by molar-refractivity contribution is -0.124. The summed E-state index contributed by atoms with van der Waals surface area (Å²) in [5.74, 6) is -0.000725. The number of Topliss-reactive ketones (excluding diaryl/α,β-unsaturated/α-hetero) is 1. The average molecular weight is 202 g/mol. The number of likely N-dealkylation sites (N-methyl/N-ethyl adjacent to an activating group) is 1. The summed E-state index contributed by atoms with van der Waals surface area (Å²) < 4.78 is 0. The van der Waals surface area contributed by atoms with E-state index in [1.807, 2.05) is 20.9 Å². The lowest BCUT2D eigenvalue weighted by atomic mass is 10.2. The van der Waals surface area contributed by atoms with Crippen LogP contribution in [0.5, 0.6) is 0 Å². The first-order valence-corrected chi connectivity index (χ1v) is 5.07. The molecule has 2 N–H and O–H groups in total. The second-order valence-electron chi connectivity index (χ2n) is 2.66. The quantitative estimate of drug-likeness (QED) is 0.624. The van der Waals surface area contributed by atoms with E-state index in [4.69, 9.17) is 0 Å². The fourth-order valence-corrected chi connectivity index (χ4v) is 0.705. The van der Waals surface area contributed by atoms with Gasteiger partial charge in [-0.05, 0) is 14.0 Å². The molecule has 0 rings (SSSR count). The zero-order valence-corrected chi connectivity index (χ0v) is 9.64. The maximum atomic E-state index is 10.9. The highest BCUT2D eigenvalue weighted by Gasteiger charge is 2.01. The Balaban J connectivity index is 0. The van der Waals surface area contributed by atoms with E-state index in [0.29, 0.717) is 19.4 Å². The van der Waals surface area contributed by atoms with Crippen LogP contribution in [0, 0.1) is 0 Å². The molecule has 0 bridgehead atoms.